The van der Waals surface area contributed by atoms with Crippen LogP contribution >= 0.6 is 11.6 Å². The summed E-state index contributed by atoms with van der Waals surface area (Å²) in [4.78, 5) is 21.3. The molecule has 0 spiro atoms. The molecule has 154 valence electrons. The zero-order chi connectivity index (χ0) is 21.2. The number of hydrogen-bond acceptors (Lipinski definition) is 4. The van der Waals surface area contributed by atoms with Gasteiger partial charge in [0.15, 0.2) is 5.65 Å². The number of nitrogens with zero attached hydrogens (tertiary/aromatic N) is 3. The average molecular weight is 426 g/mol. The number of ether oxygens (including phenoxy) is 1. The Morgan fingerprint density at radius 1 is 1.17 bits per heavy atom. The number of aryl methyl sites for hydroxylation is 2. The van der Waals surface area contributed by atoms with Crippen LogP contribution in [-0.4, -0.2) is 28.3 Å². The maximum atomic E-state index is 13.0. The highest BCUT2D eigenvalue weighted by Crippen LogP contribution is 2.37. The second-order valence-corrected chi connectivity index (χ2v) is 6.98. The largest absolute Gasteiger partial charge is 0.416 e. The number of benzene rings is 1. The maximum Gasteiger partial charge on any atom is 0.416 e. The lowest BCUT2D eigenvalue weighted by Crippen LogP contribution is -2.25. The van der Waals surface area contributed by atoms with E-state index in [9.17, 15) is 18.0 Å². The molecule has 3 aromatic rings. The second-order valence-electron chi connectivity index (χ2n) is 6.58. The fraction of sp³-hybridized carbons (Fsp3) is 0.350. The van der Waals surface area contributed by atoms with E-state index in [1.165, 1.54) is 16.8 Å². The molecule has 3 rings (SSSR count). The van der Waals surface area contributed by atoms with Crippen molar-refractivity contribution in [2.45, 2.75) is 32.5 Å². The van der Waals surface area contributed by atoms with E-state index in [-0.39, 0.29) is 16.3 Å². The molecule has 0 bridgehead atoms. The number of halogens is 4. The van der Waals surface area contributed by atoms with Crippen molar-refractivity contribution in [1.82, 2.24) is 14.5 Å². The summed E-state index contributed by atoms with van der Waals surface area (Å²) in [5, 5.41) is -0.0513. The molecule has 0 fully saturated rings. The molecule has 0 radical (unpaired) electrons. The van der Waals surface area contributed by atoms with E-state index in [1.807, 2.05) is 0 Å². The number of rotatable bonds is 6. The highest BCUT2D eigenvalue weighted by Gasteiger charge is 2.31. The van der Waals surface area contributed by atoms with E-state index in [2.05, 4.69) is 9.97 Å². The van der Waals surface area contributed by atoms with Gasteiger partial charge in [0.1, 0.15) is 11.2 Å². The molecule has 0 aliphatic rings. The first-order valence-electron chi connectivity index (χ1n) is 8.96. The van der Waals surface area contributed by atoms with Crippen molar-refractivity contribution < 1.29 is 17.9 Å². The summed E-state index contributed by atoms with van der Waals surface area (Å²) >= 11 is 6.17. The minimum absolute atomic E-state index is 0.0513. The van der Waals surface area contributed by atoms with Gasteiger partial charge in [0.25, 0.3) is 5.56 Å². The van der Waals surface area contributed by atoms with Crippen molar-refractivity contribution in [2.24, 2.45) is 0 Å². The third kappa shape index (κ3) is 4.43. The molecule has 29 heavy (non-hydrogen) atoms. The van der Waals surface area contributed by atoms with Gasteiger partial charge < -0.3 is 4.74 Å². The first kappa shape index (κ1) is 21.3. The Morgan fingerprint density at radius 3 is 2.59 bits per heavy atom. The van der Waals surface area contributed by atoms with E-state index in [0.717, 1.165) is 18.6 Å². The third-order valence-corrected chi connectivity index (χ3v) is 4.87. The first-order chi connectivity index (χ1) is 13.7. The lowest BCUT2D eigenvalue weighted by Gasteiger charge is -2.14. The van der Waals surface area contributed by atoms with E-state index in [0.29, 0.717) is 41.9 Å². The molecular weight excluding hydrogens is 407 g/mol. The Bertz CT molecular complexity index is 1100. The second kappa shape index (κ2) is 8.51. The number of unbranched alkanes of at least 4 members (excludes halogenated alkanes) is 1. The van der Waals surface area contributed by atoms with Crippen LogP contribution in [0, 0.1) is 6.92 Å². The van der Waals surface area contributed by atoms with Gasteiger partial charge in [0, 0.05) is 42.6 Å². The van der Waals surface area contributed by atoms with Crippen LogP contribution in [0.1, 0.15) is 24.1 Å². The van der Waals surface area contributed by atoms with Gasteiger partial charge in [-0.05, 0) is 38.0 Å². The number of aromatic nitrogens is 3. The van der Waals surface area contributed by atoms with Crippen molar-refractivity contribution in [3.05, 3.63) is 57.1 Å². The molecule has 2 aromatic heterocycles. The van der Waals surface area contributed by atoms with E-state index in [1.54, 1.807) is 20.1 Å². The molecule has 0 saturated heterocycles. The van der Waals surface area contributed by atoms with Crippen molar-refractivity contribution in [1.29, 1.82) is 0 Å². The molecule has 2 heterocycles. The average Bonchev–Trinajstić information content (AvgIpc) is 2.67. The Labute approximate surface area is 170 Å². The van der Waals surface area contributed by atoms with Crippen molar-refractivity contribution in [3.8, 4) is 11.1 Å². The number of hydrogen-bond donors (Lipinski definition) is 0. The zero-order valence-electron chi connectivity index (χ0n) is 15.9. The molecule has 0 aliphatic carbocycles. The number of pyridine rings is 1. The molecule has 0 aliphatic heterocycles. The number of methoxy groups -OCH3 is 1. The van der Waals surface area contributed by atoms with Gasteiger partial charge in [0.05, 0.1) is 5.56 Å². The van der Waals surface area contributed by atoms with Crippen LogP contribution in [0.25, 0.3) is 22.3 Å². The lowest BCUT2D eigenvalue weighted by atomic mass is 10.0. The van der Waals surface area contributed by atoms with Crippen LogP contribution in [0.3, 0.4) is 0 Å². The Balaban J connectivity index is 2.13. The quantitative estimate of drug-likeness (QED) is 0.529. The Hall–Kier alpha value is -2.45. The molecule has 1 aromatic carbocycles. The minimum Gasteiger partial charge on any atom is -0.385 e. The molecule has 5 nitrogen and oxygen atoms in total. The van der Waals surface area contributed by atoms with Crippen LogP contribution in [0.15, 0.2) is 35.3 Å². The predicted molar refractivity (Wildman–Crippen MR) is 105 cm³/mol. The summed E-state index contributed by atoms with van der Waals surface area (Å²) in [5.74, 6) is 0. The topological polar surface area (TPSA) is 57.0 Å². The third-order valence-electron chi connectivity index (χ3n) is 4.56. The van der Waals surface area contributed by atoms with Gasteiger partial charge in [0.2, 0.25) is 0 Å². The fourth-order valence-electron chi connectivity index (χ4n) is 3.11. The summed E-state index contributed by atoms with van der Waals surface area (Å²) in [7, 11) is 1.61. The van der Waals surface area contributed by atoms with Gasteiger partial charge in [-0.15, -0.1) is 0 Å². The summed E-state index contributed by atoms with van der Waals surface area (Å²) in [6.45, 7) is 2.61. The molecule has 0 amide bonds. The SMILES string of the molecule is COCCCCn1c(=O)c(C)nc2c(-c3ccc(C(F)(F)F)cc3Cl)ccnc21. The highest BCUT2D eigenvalue weighted by molar-refractivity contribution is 6.33. The predicted octanol–water partition coefficient (Wildman–Crippen LogP) is 4.87. The van der Waals surface area contributed by atoms with Gasteiger partial charge in [-0.3, -0.25) is 9.36 Å². The van der Waals surface area contributed by atoms with Gasteiger partial charge in [-0.1, -0.05) is 17.7 Å². The van der Waals surface area contributed by atoms with Crippen LogP contribution in [0.4, 0.5) is 13.2 Å². The summed E-state index contributed by atoms with van der Waals surface area (Å²) in [6, 6.07) is 4.80. The fourth-order valence-corrected chi connectivity index (χ4v) is 3.39. The summed E-state index contributed by atoms with van der Waals surface area (Å²) in [6.07, 6.45) is -1.51. The Kier molecular flexibility index (Phi) is 6.24. The first-order valence-corrected chi connectivity index (χ1v) is 9.34. The van der Waals surface area contributed by atoms with Crippen molar-refractivity contribution >= 4 is 22.8 Å². The van der Waals surface area contributed by atoms with E-state index < -0.39 is 11.7 Å². The Morgan fingerprint density at radius 2 is 1.93 bits per heavy atom. The van der Waals surface area contributed by atoms with Gasteiger partial charge >= 0.3 is 6.18 Å². The number of alkyl halides is 3. The monoisotopic (exact) mass is 425 g/mol. The standard InChI is InChI=1S/C20H19ClF3N3O2/c1-12-19(28)27(9-3-4-10-29-2)18-17(26-12)15(7-8-25-18)14-6-5-13(11-16(14)21)20(22,23)24/h5-8,11H,3-4,9-10H2,1-2H3. The van der Waals surface area contributed by atoms with Gasteiger partial charge in [-0.2, -0.15) is 13.2 Å². The summed E-state index contributed by atoms with van der Waals surface area (Å²) in [5.41, 5.74) is 0.888. The van der Waals surface area contributed by atoms with Crippen LogP contribution in [0.2, 0.25) is 5.02 Å². The molecule has 0 saturated carbocycles. The smallest absolute Gasteiger partial charge is 0.385 e. The number of fused-ring (bicyclic) bond motifs is 1. The molecular formula is C20H19ClF3N3O2. The van der Waals surface area contributed by atoms with Crippen molar-refractivity contribution in [3.63, 3.8) is 0 Å². The highest BCUT2D eigenvalue weighted by atomic mass is 35.5. The molecule has 0 N–H and O–H groups in total. The molecule has 9 heteroatoms. The maximum absolute atomic E-state index is 13.0. The lowest BCUT2D eigenvalue weighted by molar-refractivity contribution is -0.137. The minimum atomic E-state index is -4.49. The van der Waals surface area contributed by atoms with Crippen LogP contribution in [-0.2, 0) is 17.5 Å². The van der Waals surface area contributed by atoms with Crippen LogP contribution in [0.5, 0.6) is 0 Å². The summed E-state index contributed by atoms with van der Waals surface area (Å²) < 4.78 is 45.4. The van der Waals surface area contributed by atoms with E-state index in [4.69, 9.17) is 16.3 Å². The van der Waals surface area contributed by atoms with Crippen LogP contribution < -0.4 is 5.56 Å². The molecule has 0 unspecified atom stereocenters. The molecule has 0 atom stereocenters. The zero-order valence-corrected chi connectivity index (χ0v) is 16.6. The van der Waals surface area contributed by atoms with Gasteiger partial charge in [-0.25, -0.2) is 9.97 Å². The normalized spacial score (nSPS) is 11.9. The van der Waals surface area contributed by atoms with E-state index >= 15 is 0 Å². The van der Waals surface area contributed by atoms with Crippen molar-refractivity contribution in [2.75, 3.05) is 13.7 Å².